The van der Waals surface area contributed by atoms with Crippen LogP contribution in [0.15, 0.2) is 6.33 Å². The van der Waals surface area contributed by atoms with E-state index < -0.39 is 21.5 Å². The van der Waals surface area contributed by atoms with Crippen LogP contribution in [0, 0.1) is 20.2 Å². The van der Waals surface area contributed by atoms with Crippen LogP contribution in [-0.2, 0) is 0 Å². The third kappa shape index (κ3) is 1.02. The zero-order chi connectivity index (χ0) is 9.30. The zero-order valence-electron chi connectivity index (χ0n) is 5.45. The number of nitrogens with zero attached hydrogens (tertiary/aromatic N) is 4. The molecule has 0 saturated carbocycles. The highest BCUT2D eigenvalue weighted by Crippen LogP contribution is 2.22. The maximum atomic E-state index is 10.1. The van der Waals surface area contributed by atoms with Crippen LogP contribution in [0.4, 0.5) is 11.6 Å². The summed E-state index contributed by atoms with van der Waals surface area (Å²) in [5, 5.41) is 28.8. The summed E-state index contributed by atoms with van der Waals surface area (Å²) in [7, 11) is 0. The van der Waals surface area contributed by atoms with E-state index in [-0.39, 0.29) is 4.73 Å². The molecule has 0 atom stereocenters. The van der Waals surface area contributed by atoms with Crippen LogP contribution < -0.4 is 0 Å². The Morgan fingerprint density at radius 2 is 2.00 bits per heavy atom. The first-order valence-electron chi connectivity index (χ1n) is 2.59. The van der Waals surface area contributed by atoms with E-state index in [2.05, 4.69) is 4.98 Å². The lowest BCUT2D eigenvalue weighted by atomic mass is 10.7. The van der Waals surface area contributed by atoms with E-state index in [0.29, 0.717) is 6.33 Å². The standard InChI is InChI=1S/C3H2N4O5/c8-5-1-4-2(6(9)10)3(5)7(11)12/h1,8H. The molecule has 12 heavy (non-hydrogen) atoms. The number of rotatable bonds is 2. The average molecular weight is 174 g/mol. The predicted molar refractivity (Wildman–Crippen MR) is 32.7 cm³/mol. The third-order valence-corrected chi connectivity index (χ3v) is 1.05. The van der Waals surface area contributed by atoms with Gasteiger partial charge in [-0.3, -0.25) is 0 Å². The second kappa shape index (κ2) is 2.45. The molecule has 0 aliphatic carbocycles. The molecular formula is C3H2N4O5. The van der Waals surface area contributed by atoms with Crippen molar-refractivity contribution in [1.29, 1.82) is 0 Å². The molecule has 0 bridgehead atoms. The number of imidazole rings is 1. The van der Waals surface area contributed by atoms with E-state index in [1.807, 2.05) is 0 Å². The van der Waals surface area contributed by atoms with Crippen LogP contribution >= 0.6 is 0 Å². The molecule has 1 N–H and O–H groups in total. The van der Waals surface area contributed by atoms with E-state index in [9.17, 15) is 20.2 Å². The number of hydrogen-bond acceptors (Lipinski definition) is 6. The Labute approximate surface area is 64.1 Å². The van der Waals surface area contributed by atoms with Crippen molar-refractivity contribution in [2.75, 3.05) is 0 Å². The molecule has 1 aromatic heterocycles. The maximum Gasteiger partial charge on any atom is 0.466 e. The van der Waals surface area contributed by atoms with Crippen LogP contribution in [0.25, 0.3) is 0 Å². The normalized spacial score (nSPS) is 9.67. The summed E-state index contributed by atoms with van der Waals surface area (Å²) in [5.74, 6) is -2.04. The topological polar surface area (TPSA) is 124 Å². The Morgan fingerprint density at radius 1 is 1.42 bits per heavy atom. The van der Waals surface area contributed by atoms with Gasteiger partial charge in [0.25, 0.3) is 0 Å². The minimum atomic E-state index is -1.09. The number of nitro groups is 2. The first-order valence-corrected chi connectivity index (χ1v) is 2.59. The Kier molecular flexibility index (Phi) is 1.62. The molecule has 1 aromatic rings. The molecule has 0 amide bonds. The minimum absolute atomic E-state index is 0.0157. The minimum Gasteiger partial charge on any atom is -0.358 e. The van der Waals surface area contributed by atoms with Crippen molar-refractivity contribution >= 4 is 11.6 Å². The van der Waals surface area contributed by atoms with Crippen LogP contribution in [0.1, 0.15) is 0 Å². The van der Waals surface area contributed by atoms with Crippen LogP contribution in [0.5, 0.6) is 0 Å². The Morgan fingerprint density at radius 3 is 2.33 bits per heavy atom. The molecule has 0 unspecified atom stereocenters. The van der Waals surface area contributed by atoms with Gasteiger partial charge in [0, 0.05) is 9.71 Å². The van der Waals surface area contributed by atoms with Crippen LogP contribution in [0.2, 0.25) is 0 Å². The molecular weight excluding hydrogens is 172 g/mol. The summed E-state index contributed by atoms with van der Waals surface area (Å²) in [4.78, 5) is 21.0. The molecule has 0 fully saturated rings. The van der Waals surface area contributed by atoms with E-state index in [4.69, 9.17) is 5.21 Å². The molecule has 1 heterocycles. The van der Waals surface area contributed by atoms with Crippen molar-refractivity contribution in [2.45, 2.75) is 0 Å². The van der Waals surface area contributed by atoms with Gasteiger partial charge < -0.3 is 25.4 Å². The second-order valence-corrected chi connectivity index (χ2v) is 1.75. The maximum absolute atomic E-state index is 10.1. The van der Waals surface area contributed by atoms with Crippen molar-refractivity contribution in [3.8, 4) is 0 Å². The van der Waals surface area contributed by atoms with Gasteiger partial charge in [0.15, 0.2) is 0 Å². The summed E-state index contributed by atoms with van der Waals surface area (Å²) in [6.07, 6.45) is 0.580. The predicted octanol–water partition coefficient (Wildman–Crippen LogP) is -0.0632. The highest BCUT2D eigenvalue weighted by molar-refractivity contribution is 5.39. The van der Waals surface area contributed by atoms with E-state index in [1.54, 1.807) is 0 Å². The highest BCUT2D eigenvalue weighted by atomic mass is 16.6. The van der Waals surface area contributed by atoms with Crippen molar-refractivity contribution in [1.82, 2.24) is 9.71 Å². The molecule has 9 heteroatoms. The molecule has 0 aromatic carbocycles. The van der Waals surface area contributed by atoms with Gasteiger partial charge in [-0.2, -0.15) is 0 Å². The van der Waals surface area contributed by atoms with E-state index in [1.165, 1.54) is 0 Å². The fourth-order valence-corrected chi connectivity index (χ4v) is 0.618. The lowest BCUT2D eigenvalue weighted by Gasteiger charge is -1.90. The molecule has 0 saturated heterocycles. The van der Waals surface area contributed by atoms with Crippen molar-refractivity contribution in [3.63, 3.8) is 0 Å². The van der Waals surface area contributed by atoms with Gasteiger partial charge in [-0.25, -0.2) is 0 Å². The smallest absolute Gasteiger partial charge is 0.358 e. The Hall–Kier alpha value is -2.19. The van der Waals surface area contributed by atoms with E-state index in [0.717, 1.165) is 0 Å². The van der Waals surface area contributed by atoms with Gasteiger partial charge in [0.1, 0.15) is 0 Å². The molecule has 64 valence electrons. The van der Waals surface area contributed by atoms with Gasteiger partial charge >= 0.3 is 18.0 Å². The monoisotopic (exact) mass is 174 g/mol. The summed E-state index contributed by atoms with van der Waals surface area (Å²) in [6, 6.07) is 0. The quantitative estimate of drug-likeness (QED) is 0.380. The SMILES string of the molecule is O=[N+]([O-])c1ncn(O)c1[N+](=O)[O-]. The first kappa shape index (κ1) is 7.91. The highest BCUT2D eigenvalue weighted by Gasteiger charge is 2.32. The lowest BCUT2D eigenvalue weighted by molar-refractivity contribution is -0.431. The van der Waals surface area contributed by atoms with Crippen LogP contribution in [-0.4, -0.2) is 24.8 Å². The number of hydrogen-bond donors (Lipinski definition) is 1. The summed E-state index contributed by atoms with van der Waals surface area (Å²) < 4.78 is -0.0157. The fourth-order valence-electron chi connectivity index (χ4n) is 0.618. The second-order valence-electron chi connectivity index (χ2n) is 1.75. The average Bonchev–Trinajstić information content (AvgIpc) is 2.30. The van der Waals surface area contributed by atoms with Crippen molar-refractivity contribution < 1.29 is 15.1 Å². The first-order chi connectivity index (χ1) is 5.54. The molecule has 0 aliphatic heterocycles. The molecule has 1 rings (SSSR count). The summed E-state index contributed by atoms with van der Waals surface area (Å²) in [5.41, 5.74) is 0. The molecule has 0 aliphatic rings. The van der Waals surface area contributed by atoms with Gasteiger partial charge in [-0.15, -0.1) is 0 Å². The summed E-state index contributed by atoms with van der Waals surface area (Å²) >= 11 is 0. The molecule has 9 nitrogen and oxygen atoms in total. The number of aromatic nitrogens is 2. The third-order valence-electron chi connectivity index (χ3n) is 1.05. The van der Waals surface area contributed by atoms with Gasteiger partial charge in [-0.05, 0) is 9.85 Å². The largest absolute Gasteiger partial charge is 0.466 e. The van der Waals surface area contributed by atoms with Crippen molar-refractivity contribution in [3.05, 3.63) is 26.6 Å². The Bertz CT molecular complexity index is 342. The zero-order valence-corrected chi connectivity index (χ0v) is 5.45. The Balaban J connectivity index is 3.31. The molecule has 0 spiro atoms. The van der Waals surface area contributed by atoms with Gasteiger partial charge in [-0.1, -0.05) is 0 Å². The van der Waals surface area contributed by atoms with E-state index >= 15 is 0 Å². The van der Waals surface area contributed by atoms with Crippen LogP contribution in [0.3, 0.4) is 0 Å². The molecule has 0 radical (unpaired) electrons. The summed E-state index contributed by atoms with van der Waals surface area (Å²) in [6.45, 7) is 0. The van der Waals surface area contributed by atoms with Crippen molar-refractivity contribution in [2.24, 2.45) is 0 Å². The lowest BCUT2D eigenvalue weighted by Crippen LogP contribution is -2.00. The van der Waals surface area contributed by atoms with Gasteiger partial charge in [0.2, 0.25) is 0 Å². The van der Waals surface area contributed by atoms with Gasteiger partial charge in [0.05, 0.1) is 0 Å². The fraction of sp³-hybridized carbons (Fsp3) is 0.